The molecule has 0 aliphatic heterocycles. The first kappa shape index (κ1) is 13.1. The van der Waals surface area contributed by atoms with Crippen molar-refractivity contribution in [3.8, 4) is 0 Å². The Hall–Kier alpha value is -0.510. The quantitative estimate of drug-likeness (QED) is 0.505. The van der Waals surface area contributed by atoms with Gasteiger partial charge in [-0.3, -0.25) is 4.79 Å². The third-order valence-electron chi connectivity index (χ3n) is 0.888. The van der Waals surface area contributed by atoms with Crippen LogP contribution in [0.2, 0.25) is 0 Å². The minimum atomic E-state index is -0.146. The first-order chi connectivity index (χ1) is 5.22. The number of rotatable bonds is 3. The van der Waals surface area contributed by atoms with Crippen LogP contribution in [0.4, 0.5) is 0 Å². The summed E-state index contributed by atoms with van der Waals surface area (Å²) in [6.45, 7) is 5.76. The monoisotopic (exact) mass is 176 g/mol. The fraction of sp³-hybridized carbons (Fsp3) is 0.714. The number of carbonyl (C=O) groups is 1. The second kappa shape index (κ2) is 9.49. The molecule has 66 valence electrons. The molecule has 1 atom stereocenters. The maximum atomic E-state index is 10.7. The van der Waals surface area contributed by atoms with Crippen molar-refractivity contribution in [3.63, 3.8) is 0 Å². The molecule has 0 aromatic carbocycles. The lowest BCUT2D eigenvalue weighted by molar-refractivity contribution is -0.119. The highest BCUT2D eigenvalue weighted by Gasteiger charge is 2.08. The zero-order valence-electron chi connectivity index (χ0n) is 7.47. The molecule has 1 unspecified atom stereocenters. The largest absolute Gasteiger partial charge is 0.358 e. The van der Waals surface area contributed by atoms with Crippen molar-refractivity contribution in [1.29, 1.82) is 5.41 Å². The third kappa shape index (κ3) is 7.39. The van der Waals surface area contributed by atoms with Crippen LogP contribution in [0.3, 0.4) is 0 Å². The van der Waals surface area contributed by atoms with E-state index in [1.54, 1.807) is 14.0 Å². The average molecular weight is 176 g/mol. The van der Waals surface area contributed by atoms with Crippen LogP contribution in [-0.2, 0) is 4.79 Å². The van der Waals surface area contributed by atoms with Gasteiger partial charge in [0.05, 0.1) is 10.8 Å². The summed E-state index contributed by atoms with van der Waals surface area (Å²) in [6, 6.07) is 0. The van der Waals surface area contributed by atoms with Gasteiger partial charge in [-0.15, -0.1) is 11.8 Å². The van der Waals surface area contributed by atoms with Crippen LogP contribution < -0.4 is 5.32 Å². The van der Waals surface area contributed by atoms with Gasteiger partial charge in [-0.2, -0.15) is 0 Å². The van der Waals surface area contributed by atoms with Gasteiger partial charge in [-0.25, -0.2) is 0 Å². The van der Waals surface area contributed by atoms with Gasteiger partial charge < -0.3 is 10.7 Å². The topological polar surface area (TPSA) is 53.0 Å². The van der Waals surface area contributed by atoms with Crippen LogP contribution in [0, 0.1) is 5.41 Å². The van der Waals surface area contributed by atoms with Crippen LogP contribution in [0.5, 0.6) is 0 Å². The van der Waals surface area contributed by atoms with Crippen molar-refractivity contribution in [1.82, 2.24) is 5.32 Å². The fourth-order valence-corrected chi connectivity index (χ4v) is 0.813. The standard InChI is InChI=1S/C5H10N2OS.C2H6/c1-4(9-3-6)5(8)7-2;1-2/h3-4,6H,1-2H3,(H,7,8);1-2H3. The van der Waals surface area contributed by atoms with Crippen molar-refractivity contribution in [3.05, 3.63) is 0 Å². The van der Waals surface area contributed by atoms with Crippen LogP contribution >= 0.6 is 11.8 Å². The minimum absolute atomic E-state index is 0.0384. The Morgan fingerprint density at radius 3 is 2.36 bits per heavy atom. The number of hydrogen-bond donors (Lipinski definition) is 2. The molecule has 3 nitrogen and oxygen atoms in total. The van der Waals surface area contributed by atoms with E-state index in [2.05, 4.69) is 5.32 Å². The molecule has 4 heteroatoms. The molecular formula is C7H16N2OS. The zero-order valence-corrected chi connectivity index (χ0v) is 8.29. The lowest BCUT2D eigenvalue weighted by atomic mass is 10.4. The molecule has 0 aliphatic carbocycles. The normalized spacial score (nSPS) is 10.5. The molecule has 1 amide bonds. The van der Waals surface area contributed by atoms with E-state index in [4.69, 9.17) is 5.41 Å². The molecule has 0 bridgehead atoms. The first-order valence-electron chi connectivity index (χ1n) is 3.58. The minimum Gasteiger partial charge on any atom is -0.358 e. The molecule has 2 N–H and O–H groups in total. The van der Waals surface area contributed by atoms with E-state index in [0.717, 1.165) is 0 Å². The smallest absolute Gasteiger partial charge is 0.232 e. The van der Waals surface area contributed by atoms with Crippen molar-refractivity contribution in [2.45, 2.75) is 26.0 Å². The number of hydrogen-bond acceptors (Lipinski definition) is 3. The summed E-state index contributed by atoms with van der Waals surface area (Å²) >= 11 is 1.19. The summed E-state index contributed by atoms with van der Waals surface area (Å²) in [5, 5.41) is 9.00. The van der Waals surface area contributed by atoms with Gasteiger partial charge in [-0.1, -0.05) is 13.8 Å². The van der Waals surface area contributed by atoms with Crippen molar-refractivity contribution < 1.29 is 4.79 Å². The molecule has 0 saturated heterocycles. The van der Waals surface area contributed by atoms with E-state index in [1.165, 1.54) is 17.3 Å². The predicted molar refractivity (Wildman–Crippen MR) is 51.3 cm³/mol. The molecule has 0 aromatic rings. The Morgan fingerprint density at radius 1 is 1.64 bits per heavy atom. The summed E-state index contributed by atoms with van der Waals surface area (Å²) in [7, 11) is 1.59. The van der Waals surface area contributed by atoms with E-state index in [-0.39, 0.29) is 11.2 Å². The molecule has 0 saturated carbocycles. The summed E-state index contributed by atoms with van der Waals surface area (Å²) < 4.78 is 0. The van der Waals surface area contributed by atoms with Crippen molar-refractivity contribution in [2.75, 3.05) is 7.05 Å². The Morgan fingerprint density at radius 2 is 2.09 bits per heavy atom. The Labute approximate surface area is 72.5 Å². The summed E-state index contributed by atoms with van der Waals surface area (Å²) in [5.41, 5.74) is 1.17. The molecule has 0 rings (SSSR count). The van der Waals surface area contributed by atoms with Gasteiger partial charge >= 0.3 is 0 Å². The number of thioether (sulfide) groups is 1. The zero-order chi connectivity index (χ0) is 9.28. The molecule has 0 spiro atoms. The predicted octanol–water partition coefficient (Wildman–Crippen LogP) is 1.49. The Balaban J connectivity index is 0. The molecule has 0 fully saturated rings. The summed E-state index contributed by atoms with van der Waals surface area (Å²) in [4.78, 5) is 10.7. The molecule has 0 aromatic heterocycles. The fourth-order valence-electron chi connectivity index (χ4n) is 0.367. The molecule has 0 heterocycles. The van der Waals surface area contributed by atoms with E-state index in [1.807, 2.05) is 13.8 Å². The highest BCUT2D eigenvalue weighted by atomic mass is 32.2. The second-order valence-corrected chi connectivity index (χ2v) is 2.73. The van der Waals surface area contributed by atoms with Crippen molar-refractivity contribution in [2.24, 2.45) is 0 Å². The van der Waals surface area contributed by atoms with Gasteiger partial charge in [0.2, 0.25) is 5.91 Å². The molecular weight excluding hydrogens is 160 g/mol. The SMILES string of the molecule is CC.CNC(=O)C(C)SC=N. The van der Waals surface area contributed by atoms with Crippen LogP contribution in [0.1, 0.15) is 20.8 Å². The maximum absolute atomic E-state index is 10.7. The van der Waals surface area contributed by atoms with Gasteiger partial charge in [0, 0.05) is 7.05 Å². The van der Waals surface area contributed by atoms with E-state index >= 15 is 0 Å². The number of amides is 1. The maximum Gasteiger partial charge on any atom is 0.232 e. The van der Waals surface area contributed by atoms with Crippen LogP contribution in [-0.4, -0.2) is 23.8 Å². The number of nitrogens with one attached hydrogen (secondary N) is 2. The van der Waals surface area contributed by atoms with Gasteiger partial charge in [0.15, 0.2) is 0 Å². The van der Waals surface area contributed by atoms with Crippen LogP contribution in [0.25, 0.3) is 0 Å². The summed E-state index contributed by atoms with van der Waals surface area (Å²) in [5.74, 6) is -0.0384. The molecule has 11 heavy (non-hydrogen) atoms. The first-order valence-corrected chi connectivity index (χ1v) is 4.52. The highest BCUT2D eigenvalue weighted by Crippen LogP contribution is 2.04. The summed E-state index contributed by atoms with van der Waals surface area (Å²) in [6.07, 6.45) is 0. The molecule has 0 radical (unpaired) electrons. The second-order valence-electron chi connectivity index (χ2n) is 1.51. The lowest BCUT2D eigenvalue weighted by Crippen LogP contribution is -2.27. The lowest BCUT2D eigenvalue weighted by Gasteiger charge is -2.03. The van der Waals surface area contributed by atoms with Gasteiger partial charge in [-0.05, 0) is 6.92 Å². The van der Waals surface area contributed by atoms with Crippen LogP contribution in [0.15, 0.2) is 0 Å². The Kier molecular flexibility index (Phi) is 11.3. The van der Waals surface area contributed by atoms with E-state index < -0.39 is 0 Å². The van der Waals surface area contributed by atoms with E-state index in [0.29, 0.717) is 0 Å². The highest BCUT2D eigenvalue weighted by molar-refractivity contribution is 8.13. The third-order valence-corrected chi connectivity index (χ3v) is 1.65. The van der Waals surface area contributed by atoms with Gasteiger partial charge in [0.25, 0.3) is 0 Å². The van der Waals surface area contributed by atoms with Gasteiger partial charge in [0.1, 0.15) is 0 Å². The average Bonchev–Trinajstić information content (AvgIpc) is 2.07. The number of carbonyl (C=O) groups excluding carboxylic acids is 1. The van der Waals surface area contributed by atoms with E-state index in [9.17, 15) is 4.79 Å². The molecule has 0 aliphatic rings. The Bertz CT molecular complexity index is 117. The van der Waals surface area contributed by atoms with Crippen molar-refractivity contribution >= 4 is 23.2 Å².